The Morgan fingerprint density at radius 1 is 0.607 bits per heavy atom. The lowest BCUT2D eigenvalue weighted by molar-refractivity contribution is -0.207. The normalized spacial score (nSPS) is 53.3. The van der Waals surface area contributed by atoms with Crippen LogP contribution >= 0.6 is 0 Å². The van der Waals surface area contributed by atoms with Crippen molar-refractivity contribution < 1.29 is 35.1 Å². The van der Waals surface area contributed by atoms with Gasteiger partial charge in [0.25, 0.3) is 0 Å². The van der Waals surface area contributed by atoms with Crippen molar-refractivity contribution in [1.82, 2.24) is 5.32 Å². The van der Waals surface area contributed by atoms with Crippen molar-refractivity contribution in [3.8, 4) is 0 Å². The molecule has 8 fully saturated rings. The minimum absolute atomic E-state index is 0.0724. The van der Waals surface area contributed by atoms with Crippen molar-refractivity contribution in [1.29, 1.82) is 0 Å². The SMILES string of the molecule is C[C@H](CCC(=O)O)[C@H]1CC[C@H]2[C@@H]3[C@H](O)C[C@@H]4C[C@@H](NC(=O)CC[C@@H](C)[C@H]5CC[C@H]6[C@@H]7[C@H](O)C[C@@H]8C[C@H](O)CC[C@]8(C)[C@H]7C[C@H](O)[C@]56C)CC[C@]4(C)[C@H]3CC[C@]12C. The molecule has 8 aliphatic carbocycles. The van der Waals surface area contributed by atoms with Crippen molar-refractivity contribution in [2.24, 2.45) is 92.7 Å². The van der Waals surface area contributed by atoms with Gasteiger partial charge in [-0.3, -0.25) is 9.59 Å². The summed E-state index contributed by atoms with van der Waals surface area (Å²) in [6, 6.07) is 0.156. The van der Waals surface area contributed by atoms with Crippen LogP contribution in [-0.2, 0) is 9.59 Å². The molecule has 8 nitrogen and oxygen atoms in total. The molecule has 0 aromatic rings. The number of aliphatic hydroxyl groups is 4. The van der Waals surface area contributed by atoms with Gasteiger partial charge in [0.05, 0.1) is 24.4 Å². The third kappa shape index (κ3) is 6.57. The highest BCUT2D eigenvalue weighted by atomic mass is 16.4. The Morgan fingerprint density at radius 3 is 1.88 bits per heavy atom. The van der Waals surface area contributed by atoms with Crippen molar-refractivity contribution in [3.05, 3.63) is 0 Å². The number of carbonyl (C=O) groups excluding carboxylic acids is 1. The molecule has 0 saturated heterocycles. The minimum atomic E-state index is -0.699. The van der Waals surface area contributed by atoms with Crippen molar-refractivity contribution in [2.45, 2.75) is 194 Å². The number of hydrogen-bond donors (Lipinski definition) is 6. The Labute approximate surface area is 338 Å². The van der Waals surface area contributed by atoms with Gasteiger partial charge in [0, 0.05) is 18.9 Å². The largest absolute Gasteiger partial charge is 0.481 e. The summed E-state index contributed by atoms with van der Waals surface area (Å²) >= 11 is 0. The van der Waals surface area contributed by atoms with E-state index in [4.69, 9.17) is 0 Å². The van der Waals surface area contributed by atoms with Crippen molar-refractivity contribution >= 4 is 11.9 Å². The predicted octanol–water partition coefficient (Wildman–Crippen LogP) is 7.98. The number of aliphatic carboxylic acids is 1. The summed E-state index contributed by atoms with van der Waals surface area (Å²) in [5.74, 6) is 3.88. The minimum Gasteiger partial charge on any atom is -0.481 e. The van der Waals surface area contributed by atoms with Crippen molar-refractivity contribution in [2.75, 3.05) is 0 Å². The molecule has 0 spiro atoms. The van der Waals surface area contributed by atoms with Gasteiger partial charge in [-0.1, -0.05) is 41.5 Å². The number of fused-ring (bicyclic) bond motifs is 10. The molecule has 0 aromatic carbocycles. The highest BCUT2D eigenvalue weighted by Crippen LogP contribution is 2.70. The fourth-order valence-electron chi connectivity index (χ4n) is 17.9. The third-order valence-electron chi connectivity index (χ3n) is 21.0. The lowest BCUT2D eigenvalue weighted by atomic mass is 9.43. The monoisotopic (exact) mass is 782 g/mol. The molecule has 0 aliphatic heterocycles. The summed E-state index contributed by atoms with van der Waals surface area (Å²) < 4.78 is 0. The molecule has 0 radical (unpaired) electrons. The van der Waals surface area contributed by atoms with E-state index in [1.165, 1.54) is 6.42 Å². The number of nitrogens with one attached hydrogen (secondary N) is 1. The molecule has 8 heteroatoms. The maximum Gasteiger partial charge on any atom is 0.303 e. The second kappa shape index (κ2) is 15.0. The Bertz CT molecular complexity index is 1470. The Morgan fingerprint density at radius 2 is 1.16 bits per heavy atom. The summed E-state index contributed by atoms with van der Waals surface area (Å²) in [4.78, 5) is 25.0. The van der Waals surface area contributed by atoms with Crippen LogP contribution < -0.4 is 5.32 Å². The highest BCUT2D eigenvalue weighted by Gasteiger charge is 2.66. The molecule has 8 aliphatic rings. The fraction of sp³-hybridized carbons (Fsp3) is 0.958. The maximum atomic E-state index is 13.6. The van der Waals surface area contributed by atoms with Crippen LogP contribution in [0.2, 0.25) is 0 Å². The van der Waals surface area contributed by atoms with E-state index >= 15 is 0 Å². The van der Waals surface area contributed by atoms with E-state index in [-0.39, 0.29) is 64.3 Å². The summed E-state index contributed by atoms with van der Waals surface area (Å²) in [5.41, 5.74) is 0.185. The zero-order valence-corrected chi connectivity index (χ0v) is 35.8. The first-order valence-corrected chi connectivity index (χ1v) is 23.6. The summed E-state index contributed by atoms with van der Waals surface area (Å²) in [7, 11) is 0. The first-order chi connectivity index (χ1) is 26.4. The van der Waals surface area contributed by atoms with Gasteiger partial charge < -0.3 is 30.8 Å². The van der Waals surface area contributed by atoms with Crippen LogP contribution in [-0.4, -0.2) is 67.9 Å². The molecule has 56 heavy (non-hydrogen) atoms. The standard InChI is InChI=1S/C48H79NO7/c1-26(8-14-42(55)56)32-9-11-34-43-35(17-20-47(32,34)5)45(3)18-15-30(21-28(45)23-38(43)51)49-41(54)13-7-27(2)33-10-12-36-44-37(25-40(53)48(33,36)6)46(4)19-16-31(50)22-29(46)24-39(44)52/h26-40,43-44,50-53H,7-25H2,1-6H3,(H,49,54)(H,55,56)/t26-,27-,28+,29+,30+,31-,32-,33-,34+,35+,36+,37+,38-,39-,40+,43+,44+,45+,46+,47-,48-/m1/s1. The van der Waals surface area contributed by atoms with Crippen LogP contribution in [0.5, 0.6) is 0 Å². The molecular weight excluding hydrogens is 703 g/mol. The van der Waals surface area contributed by atoms with E-state index in [1.807, 2.05) is 0 Å². The fourth-order valence-corrected chi connectivity index (χ4v) is 17.9. The molecule has 21 atom stereocenters. The lowest BCUT2D eigenvalue weighted by Gasteiger charge is -2.63. The Hall–Kier alpha value is -1.22. The number of carboxylic acid groups (broad SMARTS) is 1. The molecule has 318 valence electrons. The van der Waals surface area contributed by atoms with Crippen LogP contribution in [0.1, 0.15) is 164 Å². The van der Waals surface area contributed by atoms with Crippen LogP contribution in [0.25, 0.3) is 0 Å². The number of hydrogen-bond acceptors (Lipinski definition) is 6. The van der Waals surface area contributed by atoms with E-state index in [0.717, 1.165) is 103 Å². The molecule has 0 aromatic heterocycles. The molecule has 0 bridgehead atoms. The number of carboxylic acids is 1. The zero-order valence-electron chi connectivity index (χ0n) is 35.8. The third-order valence-corrected chi connectivity index (χ3v) is 21.0. The number of carbonyl (C=O) groups is 2. The van der Waals surface area contributed by atoms with Crippen LogP contribution in [0.4, 0.5) is 0 Å². The summed E-state index contributed by atoms with van der Waals surface area (Å²) in [5, 5.41) is 58.9. The van der Waals surface area contributed by atoms with E-state index in [9.17, 15) is 35.1 Å². The highest BCUT2D eigenvalue weighted by molar-refractivity contribution is 5.76. The van der Waals surface area contributed by atoms with Gasteiger partial charge in [-0.05, 0) is 202 Å². The average molecular weight is 782 g/mol. The topological polar surface area (TPSA) is 147 Å². The van der Waals surface area contributed by atoms with E-state index < -0.39 is 12.1 Å². The second-order valence-electron chi connectivity index (χ2n) is 23.0. The molecule has 8 saturated carbocycles. The maximum absolute atomic E-state index is 13.6. The molecule has 0 heterocycles. The van der Waals surface area contributed by atoms with Crippen LogP contribution in [0.15, 0.2) is 0 Å². The average Bonchev–Trinajstić information content (AvgIpc) is 3.69. The summed E-state index contributed by atoms with van der Waals surface area (Å²) in [6.45, 7) is 14.2. The second-order valence-corrected chi connectivity index (χ2v) is 23.0. The Kier molecular flexibility index (Phi) is 11.2. The molecule has 6 N–H and O–H groups in total. The van der Waals surface area contributed by atoms with Gasteiger partial charge >= 0.3 is 5.97 Å². The van der Waals surface area contributed by atoms with Gasteiger partial charge in [0.15, 0.2) is 0 Å². The van der Waals surface area contributed by atoms with E-state index in [0.29, 0.717) is 71.5 Å². The molecule has 8 rings (SSSR count). The summed E-state index contributed by atoms with van der Waals surface area (Å²) in [6.07, 6.45) is 15.7. The van der Waals surface area contributed by atoms with Gasteiger partial charge in [-0.15, -0.1) is 0 Å². The lowest BCUT2D eigenvalue weighted by Crippen LogP contribution is -2.62. The molecule has 1 amide bonds. The van der Waals surface area contributed by atoms with Gasteiger partial charge in [-0.2, -0.15) is 0 Å². The quantitative estimate of drug-likeness (QED) is 0.139. The van der Waals surface area contributed by atoms with Crippen LogP contribution in [0.3, 0.4) is 0 Å². The van der Waals surface area contributed by atoms with Gasteiger partial charge in [0.1, 0.15) is 0 Å². The molecular formula is C48H79NO7. The number of amides is 1. The van der Waals surface area contributed by atoms with Crippen LogP contribution in [0, 0.1) is 92.7 Å². The van der Waals surface area contributed by atoms with E-state index in [1.54, 1.807) is 0 Å². The molecule has 0 unspecified atom stereocenters. The Balaban J connectivity index is 0.856. The number of rotatable bonds is 9. The van der Waals surface area contributed by atoms with Gasteiger partial charge in [-0.25, -0.2) is 0 Å². The van der Waals surface area contributed by atoms with Crippen molar-refractivity contribution in [3.63, 3.8) is 0 Å². The first kappa shape index (κ1) is 41.5. The number of aliphatic hydroxyl groups excluding tert-OH is 4. The predicted molar refractivity (Wildman–Crippen MR) is 217 cm³/mol. The van der Waals surface area contributed by atoms with Gasteiger partial charge in [0.2, 0.25) is 5.91 Å². The smallest absolute Gasteiger partial charge is 0.303 e. The first-order valence-electron chi connectivity index (χ1n) is 23.6. The van der Waals surface area contributed by atoms with E-state index in [2.05, 4.69) is 46.9 Å². The zero-order chi connectivity index (χ0) is 40.1.